The van der Waals surface area contributed by atoms with Crippen LogP contribution in [0.25, 0.3) is 106 Å². The molecule has 0 saturated heterocycles. The Morgan fingerprint density at radius 2 is 0.860 bits per heavy atom. The molecule has 0 radical (unpaired) electrons. The van der Waals surface area contributed by atoms with Gasteiger partial charge in [-0.2, -0.15) is 0 Å². The van der Waals surface area contributed by atoms with E-state index in [1.54, 1.807) is 0 Å². The maximum atomic E-state index is 6.78. The van der Waals surface area contributed by atoms with E-state index < -0.39 is 0 Å². The Morgan fingerprint density at radius 1 is 0.368 bits per heavy atom. The quantitative estimate of drug-likeness (QED) is 0.171. The van der Waals surface area contributed by atoms with Gasteiger partial charge in [-0.25, -0.2) is 15.0 Å². The van der Waals surface area contributed by atoms with Gasteiger partial charge < -0.3 is 8.98 Å². The molecule has 0 bridgehead atoms. The number of aromatic nitrogens is 4. The van der Waals surface area contributed by atoms with Crippen molar-refractivity contribution in [3.63, 3.8) is 0 Å². The normalized spacial score (nSPS) is 11.6. The van der Waals surface area contributed by atoms with Crippen molar-refractivity contribution in [3.8, 4) is 62.1 Å². The van der Waals surface area contributed by atoms with Gasteiger partial charge in [-0.3, -0.25) is 0 Å². The number of benzene rings is 8. The summed E-state index contributed by atoms with van der Waals surface area (Å²) >= 11 is 0. The van der Waals surface area contributed by atoms with Crippen LogP contribution < -0.4 is 0 Å². The third kappa shape index (κ3) is 5.59. The minimum absolute atomic E-state index is 0.603. The number of aryl methyl sites for hydroxylation is 1. The second kappa shape index (κ2) is 13.3. The molecule has 0 N–H and O–H groups in total. The number of para-hydroxylation sites is 3. The van der Waals surface area contributed by atoms with E-state index in [1.165, 1.54) is 10.9 Å². The average molecular weight is 731 g/mol. The zero-order valence-corrected chi connectivity index (χ0v) is 31.1. The fourth-order valence-electron chi connectivity index (χ4n) is 8.20. The molecule has 0 unspecified atom stereocenters. The van der Waals surface area contributed by atoms with Crippen LogP contribution in [0.2, 0.25) is 0 Å². The van der Waals surface area contributed by atoms with Crippen LogP contribution in [0, 0.1) is 6.92 Å². The van der Waals surface area contributed by atoms with Gasteiger partial charge in [0.1, 0.15) is 11.2 Å². The lowest BCUT2D eigenvalue weighted by atomic mass is 9.99. The molecule has 3 heterocycles. The van der Waals surface area contributed by atoms with Crippen molar-refractivity contribution < 1.29 is 4.42 Å². The molecule has 0 amide bonds. The summed E-state index contributed by atoms with van der Waals surface area (Å²) in [7, 11) is 0. The summed E-state index contributed by atoms with van der Waals surface area (Å²) in [4.78, 5) is 15.4. The van der Waals surface area contributed by atoms with Crippen LogP contribution in [-0.2, 0) is 0 Å². The molecule has 11 aromatic rings. The Kier molecular flexibility index (Phi) is 7.64. The van der Waals surface area contributed by atoms with Crippen molar-refractivity contribution >= 4 is 43.7 Å². The summed E-state index contributed by atoms with van der Waals surface area (Å²) in [5, 5.41) is 4.52. The predicted octanol–water partition coefficient (Wildman–Crippen LogP) is 13.5. The lowest BCUT2D eigenvalue weighted by Crippen LogP contribution is -2.00. The highest BCUT2D eigenvalue weighted by molar-refractivity contribution is 6.13. The largest absolute Gasteiger partial charge is 0.455 e. The lowest BCUT2D eigenvalue weighted by Gasteiger charge is -2.10. The van der Waals surface area contributed by atoms with Crippen LogP contribution in [0.3, 0.4) is 0 Å². The summed E-state index contributed by atoms with van der Waals surface area (Å²) in [6, 6.07) is 65.5. The molecular formula is C52H34N4O. The van der Waals surface area contributed by atoms with Gasteiger partial charge in [-0.05, 0) is 66.6 Å². The fourth-order valence-corrected chi connectivity index (χ4v) is 8.20. The van der Waals surface area contributed by atoms with E-state index in [9.17, 15) is 0 Å². The minimum Gasteiger partial charge on any atom is -0.455 e. The Bertz CT molecular complexity index is 3290. The van der Waals surface area contributed by atoms with Crippen molar-refractivity contribution in [1.82, 2.24) is 19.5 Å². The van der Waals surface area contributed by atoms with Gasteiger partial charge in [0, 0.05) is 55.0 Å². The lowest BCUT2D eigenvalue weighted by molar-refractivity contribution is 0.671. The van der Waals surface area contributed by atoms with Crippen LogP contribution >= 0.6 is 0 Å². The molecule has 3 aromatic heterocycles. The second-order valence-electron chi connectivity index (χ2n) is 14.5. The molecule has 5 nitrogen and oxygen atoms in total. The zero-order chi connectivity index (χ0) is 37.9. The van der Waals surface area contributed by atoms with Crippen LogP contribution in [0.15, 0.2) is 192 Å². The Labute approximate surface area is 329 Å². The Morgan fingerprint density at radius 3 is 1.53 bits per heavy atom. The number of rotatable bonds is 6. The van der Waals surface area contributed by atoms with Crippen molar-refractivity contribution in [2.45, 2.75) is 6.92 Å². The van der Waals surface area contributed by atoms with Crippen LogP contribution in [0.4, 0.5) is 0 Å². The monoisotopic (exact) mass is 730 g/mol. The molecule has 0 aliphatic heterocycles. The predicted molar refractivity (Wildman–Crippen MR) is 233 cm³/mol. The van der Waals surface area contributed by atoms with Crippen molar-refractivity contribution in [2.75, 3.05) is 0 Å². The Hall–Kier alpha value is -7.63. The van der Waals surface area contributed by atoms with Crippen molar-refractivity contribution in [2.24, 2.45) is 0 Å². The van der Waals surface area contributed by atoms with Gasteiger partial charge in [0.15, 0.2) is 17.5 Å². The molecule has 0 saturated carbocycles. The summed E-state index contributed by atoms with van der Waals surface area (Å²) in [5.74, 6) is 1.84. The molecule has 0 spiro atoms. The van der Waals surface area contributed by atoms with Gasteiger partial charge in [0.2, 0.25) is 0 Å². The third-order valence-corrected chi connectivity index (χ3v) is 10.9. The zero-order valence-electron chi connectivity index (χ0n) is 31.1. The minimum atomic E-state index is 0.603. The van der Waals surface area contributed by atoms with Crippen molar-refractivity contribution in [3.05, 3.63) is 194 Å². The highest BCUT2D eigenvalue weighted by Gasteiger charge is 2.19. The van der Waals surface area contributed by atoms with E-state index in [0.29, 0.717) is 17.5 Å². The highest BCUT2D eigenvalue weighted by Crippen LogP contribution is 2.41. The SMILES string of the molecule is Cc1ccc2c(c1)c1cc(-c3nc(-c4ccccc4)nc(-c4cccc(-c5cccc6c5oc5c(-c7ccccc7)cccc56)c4)n3)ccc1n2-c1ccccc1. The topological polar surface area (TPSA) is 56.7 Å². The number of furan rings is 1. The first kappa shape index (κ1) is 32.8. The van der Waals surface area contributed by atoms with Crippen LogP contribution in [-0.4, -0.2) is 19.5 Å². The smallest absolute Gasteiger partial charge is 0.164 e. The average Bonchev–Trinajstić information content (AvgIpc) is 3.82. The molecular weight excluding hydrogens is 697 g/mol. The third-order valence-electron chi connectivity index (χ3n) is 10.9. The molecule has 0 atom stereocenters. The van der Waals surface area contributed by atoms with Gasteiger partial charge in [0.25, 0.3) is 0 Å². The van der Waals surface area contributed by atoms with Crippen LogP contribution in [0.1, 0.15) is 5.56 Å². The number of hydrogen-bond acceptors (Lipinski definition) is 4. The molecule has 268 valence electrons. The number of hydrogen-bond donors (Lipinski definition) is 0. The fraction of sp³-hybridized carbons (Fsp3) is 0.0192. The summed E-state index contributed by atoms with van der Waals surface area (Å²) in [6.07, 6.45) is 0. The van der Waals surface area contributed by atoms with E-state index in [1.807, 2.05) is 36.4 Å². The first-order valence-electron chi connectivity index (χ1n) is 19.2. The molecule has 11 rings (SSSR count). The maximum Gasteiger partial charge on any atom is 0.164 e. The Balaban J connectivity index is 1.07. The van der Waals surface area contributed by atoms with E-state index >= 15 is 0 Å². The van der Waals surface area contributed by atoms with Gasteiger partial charge in [-0.1, -0.05) is 145 Å². The summed E-state index contributed by atoms with van der Waals surface area (Å²) in [5.41, 5.74) is 13.3. The number of nitrogens with zero attached hydrogens (tertiary/aromatic N) is 4. The van der Waals surface area contributed by atoms with Gasteiger partial charge in [0.05, 0.1) is 11.0 Å². The standard InChI is InChI=1S/C52H34N4O/c1-33-26-28-46-44(30-33)45-32-38(27-29-47(45)56(46)39-20-9-4-10-21-39)52-54-50(35-16-7-3-8-17-35)53-51(55-52)37-19-11-18-36(31-37)41-23-13-25-43-42-24-12-22-40(48(42)57-49(41)43)34-14-5-2-6-15-34/h2-32H,1H3. The van der Waals surface area contributed by atoms with E-state index in [0.717, 1.165) is 83.0 Å². The molecule has 8 aromatic carbocycles. The summed E-state index contributed by atoms with van der Waals surface area (Å²) < 4.78 is 9.11. The van der Waals surface area contributed by atoms with E-state index in [2.05, 4.69) is 163 Å². The van der Waals surface area contributed by atoms with E-state index in [-0.39, 0.29) is 0 Å². The molecule has 0 fully saturated rings. The first-order valence-corrected chi connectivity index (χ1v) is 19.2. The maximum absolute atomic E-state index is 6.78. The summed E-state index contributed by atoms with van der Waals surface area (Å²) in [6.45, 7) is 2.14. The van der Waals surface area contributed by atoms with Crippen LogP contribution in [0.5, 0.6) is 0 Å². The highest BCUT2D eigenvalue weighted by atomic mass is 16.3. The first-order chi connectivity index (χ1) is 28.2. The molecule has 57 heavy (non-hydrogen) atoms. The number of fused-ring (bicyclic) bond motifs is 6. The second-order valence-corrected chi connectivity index (χ2v) is 14.5. The molecule has 0 aliphatic rings. The molecule has 5 heteroatoms. The van der Waals surface area contributed by atoms with E-state index in [4.69, 9.17) is 19.4 Å². The van der Waals surface area contributed by atoms with Crippen molar-refractivity contribution in [1.29, 1.82) is 0 Å². The molecule has 0 aliphatic carbocycles. The van der Waals surface area contributed by atoms with Gasteiger partial charge >= 0.3 is 0 Å². The van der Waals surface area contributed by atoms with Gasteiger partial charge in [-0.15, -0.1) is 0 Å².